The summed E-state index contributed by atoms with van der Waals surface area (Å²) in [6.07, 6.45) is 1.65. The van der Waals surface area contributed by atoms with Crippen LogP contribution in [0.2, 0.25) is 0 Å². The number of rotatable bonds is 4. The highest BCUT2D eigenvalue weighted by atomic mass is 32.1. The van der Waals surface area contributed by atoms with Crippen LogP contribution in [-0.4, -0.2) is 23.0 Å². The topological polar surface area (TPSA) is 90.1 Å². The lowest BCUT2D eigenvalue weighted by Gasteiger charge is -2.04. The molecule has 0 fully saturated rings. The predicted molar refractivity (Wildman–Crippen MR) is 68.5 cm³/mol. The number of aromatic nitrogens is 2. The Morgan fingerprint density at radius 2 is 2.39 bits per heavy atom. The summed E-state index contributed by atoms with van der Waals surface area (Å²) in [5.41, 5.74) is 6.67. The number of carbonyl (C=O) groups is 1. The summed E-state index contributed by atoms with van der Waals surface area (Å²) < 4.78 is 4.95. The van der Waals surface area contributed by atoms with Crippen LogP contribution in [0, 0.1) is 0 Å². The number of amides is 1. The van der Waals surface area contributed by atoms with E-state index in [4.69, 9.17) is 10.5 Å². The first kappa shape index (κ1) is 12.3. The van der Waals surface area contributed by atoms with Crippen LogP contribution >= 0.6 is 11.3 Å². The molecule has 0 bridgehead atoms. The van der Waals surface area contributed by atoms with E-state index in [-0.39, 0.29) is 5.91 Å². The van der Waals surface area contributed by atoms with Gasteiger partial charge in [-0.2, -0.15) is 0 Å². The van der Waals surface area contributed by atoms with Crippen molar-refractivity contribution >= 4 is 22.4 Å². The van der Waals surface area contributed by atoms with Gasteiger partial charge in [-0.25, -0.2) is 9.97 Å². The molecule has 0 atom stereocenters. The average Bonchev–Trinajstić information content (AvgIpc) is 2.83. The molecule has 0 unspecified atom stereocenters. The number of hydrogen-bond acceptors (Lipinski definition) is 6. The van der Waals surface area contributed by atoms with Gasteiger partial charge in [0.25, 0.3) is 5.91 Å². The number of nitrogens with one attached hydrogen (secondary N) is 1. The molecule has 7 heteroatoms. The zero-order valence-corrected chi connectivity index (χ0v) is 10.5. The average molecular weight is 264 g/mol. The highest BCUT2D eigenvalue weighted by Crippen LogP contribution is 2.11. The van der Waals surface area contributed by atoms with Gasteiger partial charge in [0.15, 0.2) is 5.13 Å². The zero-order chi connectivity index (χ0) is 13.0. The molecule has 3 N–H and O–H groups in total. The van der Waals surface area contributed by atoms with Crippen molar-refractivity contribution in [3.05, 3.63) is 35.0 Å². The van der Waals surface area contributed by atoms with Crippen LogP contribution in [0.25, 0.3) is 0 Å². The van der Waals surface area contributed by atoms with Gasteiger partial charge in [0.05, 0.1) is 7.11 Å². The van der Waals surface area contributed by atoms with Crippen molar-refractivity contribution in [2.45, 2.75) is 6.54 Å². The summed E-state index contributed by atoms with van der Waals surface area (Å²) >= 11 is 1.24. The largest absolute Gasteiger partial charge is 0.481 e. The van der Waals surface area contributed by atoms with E-state index in [0.717, 1.165) is 5.56 Å². The number of methoxy groups -OCH3 is 1. The fourth-order valence-corrected chi connectivity index (χ4v) is 1.84. The van der Waals surface area contributed by atoms with Crippen molar-refractivity contribution in [2.24, 2.45) is 0 Å². The minimum Gasteiger partial charge on any atom is -0.481 e. The quantitative estimate of drug-likeness (QED) is 0.861. The second kappa shape index (κ2) is 5.46. The summed E-state index contributed by atoms with van der Waals surface area (Å²) in [7, 11) is 1.55. The molecule has 1 amide bonds. The molecule has 0 saturated carbocycles. The van der Waals surface area contributed by atoms with Gasteiger partial charge < -0.3 is 15.8 Å². The van der Waals surface area contributed by atoms with Gasteiger partial charge in [0.2, 0.25) is 5.88 Å². The molecule has 2 rings (SSSR count). The third-order valence-electron chi connectivity index (χ3n) is 2.21. The minimum atomic E-state index is -0.251. The van der Waals surface area contributed by atoms with Crippen molar-refractivity contribution in [3.8, 4) is 5.88 Å². The molecule has 2 aromatic rings. The number of hydrogen-bond donors (Lipinski definition) is 2. The van der Waals surface area contributed by atoms with Crippen LogP contribution in [0.3, 0.4) is 0 Å². The van der Waals surface area contributed by atoms with E-state index in [1.165, 1.54) is 11.3 Å². The monoisotopic (exact) mass is 264 g/mol. The number of pyridine rings is 1. The van der Waals surface area contributed by atoms with E-state index in [0.29, 0.717) is 23.3 Å². The minimum absolute atomic E-state index is 0.251. The second-order valence-electron chi connectivity index (χ2n) is 3.46. The Hall–Kier alpha value is -2.15. The zero-order valence-electron chi connectivity index (χ0n) is 9.71. The standard InChI is InChI=1S/C11H12N4O2S/c1-17-9-3-2-7(4-13-9)5-14-10(16)8-6-18-11(12)15-8/h2-4,6H,5H2,1H3,(H2,12,15)(H,14,16). The first-order chi connectivity index (χ1) is 8.69. The van der Waals surface area contributed by atoms with Crippen LogP contribution in [0.1, 0.15) is 16.1 Å². The van der Waals surface area contributed by atoms with E-state index in [2.05, 4.69) is 15.3 Å². The number of nitrogen functional groups attached to an aromatic ring is 1. The number of anilines is 1. The Bertz CT molecular complexity index is 538. The smallest absolute Gasteiger partial charge is 0.271 e. The molecule has 0 aliphatic heterocycles. The molecule has 18 heavy (non-hydrogen) atoms. The van der Waals surface area contributed by atoms with E-state index in [1.807, 2.05) is 6.07 Å². The fraction of sp³-hybridized carbons (Fsp3) is 0.182. The maximum Gasteiger partial charge on any atom is 0.271 e. The molecule has 0 saturated heterocycles. The number of carbonyl (C=O) groups excluding carboxylic acids is 1. The van der Waals surface area contributed by atoms with Crippen molar-refractivity contribution in [1.82, 2.24) is 15.3 Å². The molecule has 0 aliphatic rings. The number of nitrogens with zero attached hydrogens (tertiary/aromatic N) is 2. The van der Waals surface area contributed by atoms with Gasteiger partial charge in [-0.15, -0.1) is 11.3 Å². The lowest BCUT2D eigenvalue weighted by atomic mass is 10.3. The van der Waals surface area contributed by atoms with Gasteiger partial charge in [-0.1, -0.05) is 6.07 Å². The number of nitrogens with two attached hydrogens (primary N) is 1. The highest BCUT2D eigenvalue weighted by molar-refractivity contribution is 7.13. The molecule has 0 spiro atoms. The Morgan fingerprint density at radius 3 is 2.94 bits per heavy atom. The molecular weight excluding hydrogens is 252 g/mol. The van der Waals surface area contributed by atoms with Crippen LogP contribution in [0.4, 0.5) is 5.13 Å². The van der Waals surface area contributed by atoms with Crippen molar-refractivity contribution in [3.63, 3.8) is 0 Å². The molecule has 0 aromatic carbocycles. The molecule has 0 radical (unpaired) electrons. The second-order valence-corrected chi connectivity index (χ2v) is 4.35. The van der Waals surface area contributed by atoms with E-state index < -0.39 is 0 Å². The molecule has 2 aromatic heterocycles. The first-order valence-electron chi connectivity index (χ1n) is 5.17. The summed E-state index contributed by atoms with van der Waals surface area (Å²) in [6, 6.07) is 3.57. The van der Waals surface area contributed by atoms with Crippen LogP contribution in [-0.2, 0) is 6.54 Å². The SMILES string of the molecule is COc1ccc(CNC(=O)c2csc(N)n2)cn1. The van der Waals surface area contributed by atoms with Crippen LogP contribution < -0.4 is 15.8 Å². The Kier molecular flexibility index (Phi) is 3.73. The van der Waals surface area contributed by atoms with Crippen molar-refractivity contribution < 1.29 is 9.53 Å². The van der Waals surface area contributed by atoms with Crippen LogP contribution in [0.5, 0.6) is 5.88 Å². The Labute approximate surface area is 108 Å². The summed E-state index contributed by atoms with van der Waals surface area (Å²) in [5, 5.41) is 4.74. The van der Waals surface area contributed by atoms with Gasteiger partial charge in [0, 0.05) is 24.2 Å². The molecule has 6 nitrogen and oxygen atoms in total. The van der Waals surface area contributed by atoms with Crippen LogP contribution in [0.15, 0.2) is 23.7 Å². The third-order valence-corrected chi connectivity index (χ3v) is 2.89. The predicted octanol–water partition coefficient (Wildman–Crippen LogP) is 1.06. The van der Waals surface area contributed by atoms with Gasteiger partial charge in [0.1, 0.15) is 5.69 Å². The normalized spacial score (nSPS) is 10.1. The highest BCUT2D eigenvalue weighted by Gasteiger charge is 2.08. The lowest BCUT2D eigenvalue weighted by molar-refractivity contribution is 0.0946. The Balaban J connectivity index is 1.92. The molecular formula is C11H12N4O2S. The third kappa shape index (κ3) is 2.95. The molecule has 94 valence electrons. The first-order valence-corrected chi connectivity index (χ1v) is 6.05. The van der Waals surface area contributed by atoms with Crippen molar-refractivity contribution in [1.29, 1.82) is 0 Å². The van der Waals surface area contributed by atoms with E-state index in [9.17, 15) is 4.79 Å². The summed E-state index contributed by atoms with van der Waals surface area (Å²) in [4.78, 5) is 19.6. The van der Waals surface area contributed by atoms with E-state index in [1.54, 1.807) is 24.8 Å². The maximum atomic E-state index is 11.7. The molecule has 0 aliphatic carbocycles. The number of ether oxygens (including phenoxy) is 1. The summed E-state index contributed by atoms with van der Waals surface area (Å²) in [5.74, 6) is 0.288. The lowest BCUT2D eigenvalue weighted by Crippen LogP contribution is -2.23. The van der Waals surface area contributed by atoms with Crippen molar-refractivity contribution in [2.75, 3.05) is 12.8 Å². The summed E-state index contributed by atoms with van der Waals surface area (Å²) in [6.45, 7) is 0.382. The van der Waals surface area contributed by atoms with Gasteiger partial charge in [-0.3, -0.25) is 4.79 Å². The Morgan fingerprint density at radius 1 is 1.56 bits per heavy atom. The molecule has 2 heterocycles. The van der Waals surface area contributed by atoms with Gasteiger partial charge in [-0.05, 0) is 5.56 Å². The fourth-order valence-electron chi connectivity index (χ4n) is 1.30. The maximum absolute atomic E-state index is 11.7. The van der Waals surface area contributed by atoms with Gasteiger partial charge >= 0.3 is 0 Å². The van der Waals surface area contributed by atoms with E-state index >= 15 is 0 Å². The number of thiazole rings is 1.